The minimum absolute atomic E-state index is 0.196. The minimum Gasteiger partial charge on any atom is -0.355 e. The monoisotopic (exact) mass is 314 g/mol. The van der Waals surface area contributed by atoms with Gasteiger partial charge in [0.15, 0.2) is 0 Å². The molecule has 1 heterocycles. The van der Waals surface area contributed by atoms with Gasteiger partial charge in [0, 0.05) is 24.7 Å². The highest BCUT2D eigenvalue weighted by Crippen LogP contribution is 2.24. The van der Waals surface area contributed by atoms with Gasteiger partial charge in [-0.15, -0.1) is 0 Å². The molecule has 1 fully saturated rings. The molecule has 0 radical (unpaired) electrons. The number of benzene rings is 1. The molecule has 1 N–H and O–H groups in total. The number of hydrogen-bond donors (Lipinski definition) is 1. The van der Waals surface area contributed by atoms with Crippen molar-refractivity contribution in [3.63, 3.8) is 0 Å². The maximum Gasteiger partial charge on any atom is 0.251 e. The van der Waals surface area contributed by atoms with Crippen molar-refractivity contribution >= 4 is 21.8 Å². The van der Waals surface area contributed by atoms with Crippen LogP contribution < -0.4 is 5.32 Å². The molecule has 1 aromatic carbocycles. The minimum atomic E-state index is -0.269. The Morgan fingerprint density at radius 1 is 1.44 bits per heavy atom. The van der Waals surface area contributed by atoms with Gasteiger partial charge < -0.3 is 5.32 Å². The number of likely N-dealkylation sites (tertiary alicyclic amines) is 1. The molecule has 98 valence electrons. The highest BCUT2D eigenvalue weighted by molar-refractivity contribution is 9.10. The second kappa shape index (κ2) is 5.80. The summed E-state index contributed by atoms with van der Waals surface area (Å²) in [4.78, 5) is 13.8. The average molecular weight is 315 g/mol. The van der Waals surface area contributed by atoms with Gasteiger partial charge in [-0.25, -0.2) is 4.39 Å². The van der Waals surface area contributed by atoms with Crippen LogP contribution in [0.3, 0.4) is 0 Å². The third kappa shape index (κ3) is 2.90. The number of halogens is 2. The largest absolute Gasteiger partial charge is 0.355 e. The van der Waals surface area contributed by atoms with Crippen LogP contribution in [-0.4, -0.2) is 30.9 Å². The van der Waals surface area contributed by atoms with E-state index in [0.29, 0.717) is 22.1 Å². The van der Waals surface area contributed by atoms with Crippen molar-refractivity contribution < 1.29 is 9.18 Å². The second-order valence-corrected chi connectivity index (χ2v) is 5.35. The van der Waals surface area contributed by atoms with E-state index in [-0.39, 0.29) is 11.7 Å². The van der Waals surface area contributed by atoms with Crippen molar-refractivity contribution in [3.8, 4) is 0 Å². The molecule has 1 amide bonds. The van der Waals surface area contributed by atoms with E-state index >= 15 is 0 Å². The van der Waals surface area contributed by atoms with Gasteiger partial charge in [0.1, 0.15) is 5.82 Å². The van der Waals surface area contributed by atoms with Gasteiger partial charge in [0.2, 0.25) is 0 Å². The van der Waals surface area contributed by atoms with E-state index in [2.05, 4.69) is 26.1 Å². The summed E-state index contributed by atoms with van der Waals surface area (Å²) in [5, 5.41) is 2.55. The first-order chi connectivity index (χ1) is 8.61. The quantitative estimate of drug-likeness (QED) is 0.930. The summed E-state index contributed by atoms with van der Waals surface area (Å²) in [6, 6.07) is 3.15. The summed E-state index contributed by atoms with van der Waals surface area (Å²) in [6.45, 7) is 2.57. The predicted octanol–water partition coefficient (Wildman–Crippen LogP) is 2.54. The summed E-state index contributed by atoms with van der Waals surface area (Å²) in [5.41, 5.74) is 1.06. The van der Waals surface area contributed by atoms with Gasteiger partial charge in [-0.3, -0.25) is 9.69 Å². The first kappa shape index (κ1) is 13.5. The van der Waals surface area contributed by atoms with Crippen LogP contribution in [0.1, 0.15) is 28.8 Å². The van der Waals surface area contributed by atoms with Crippen LogP contribution in [0.25, 0.3) is 0 Å². The third-order valence-electron chi connectivity index (χ3n) is 3.19. The normalized spacial score (nSPS) is 15.9. The van der Waals surface area contributed by atoms with Crippen LogP contribution in [0.15, 0.2) is 16.6 Å². The molecule has 0 spiro atoms. The van der Waals surface area contributed by atoms with E-state index in [1.807, 2.05) is 0 Å². The maximum absolute atomic E-state index is 14.0. The summed E-state index contributed by atoms with van der Waals surface area (Å²) in [7, 11) is 1.57. The standard InChI is InChI=1S/C13H16BrFN2O/c1-16-13(18)9-6-10(12(15)11(14)7-9)8-17-4-2-3-5-17/h6-7H,2-5,8H2,1H3,(H,16,18). The van der Waals surface area contributed by atoms with Crippen molar-refractivity contribution in [2.45, 2.75) is 19.4 Å². The molecule has 0 saturated carbocycles. The number of amides is 1. The van der Waals surface area contributed by atoms with Crippen LogP contribution in [0.5, 0.6) is 0 Å². The molecule has 1 saturated heterocycles. The fourth-order valence-electron chi connectivity index (χ4n) is 2.22. The molecule has 0 aromatic heterocycles. The molecule has 1 aliphatic rings. The number of carbonyl (C=O) groups excluding carboxylic acids is 1. The van der Waals surface area contributed by atoms with Gasteiger partial charge in [-0.2, -0.15) is 0 Å². The molecular formula is C13H16BrFN2O. The van der Waals surface area contributed by atoms with Gasteiger partial charge in [0.05, 0.1) is 4.47 Å². The molecule has 0 aliphatic carbocycles. The lowest BCUT2D eigenvalue weighted by molar-refractivity contribution is 0.0963. The lowest BCUT2D eigenvalue weighted by atomic mass is 10.1. The zero-order chi connectivity index (χ0) is 13.1. The fourth-order valence-corrected chi connectivity index (χ4v) is 2.72. The Labute approximate surface area is 114 Å². The lowest BCUT2D eigenvalue weighted by Gasteiger charge is -2.16. The van der Waals surface area contributed by atoms with Crippen molar-refractivity contribution in [2.75, 3.05) is 20.1 Å². The summed E-state index contributed by atoms with van der Waals surface area (Å²) in [5.74, 6) is -0.465. The van der Waals surface area contributed by atoms with E-state index in [1.54, 1.807) is 13.1 Å². The Hall–Kier alpha value is -0.940. The van der Waals surface area contributed by atoms with E-state index < -0.39 is 0 Å². The van der Waals surface area contributed by atoms with Crippen molar-refractivity contribution in [2.24, 2.45) is 0 Å². The number of carbonyl (C=O) groups is 1. The van der Waals surface area contributed by atoms with Crippen molar-refractivity contribution in [3.05, 3.63) is 33.5 Å². The highest BCUT2D eigenvalue weighted by atomic mass is 79.9. The van der Waals surface area contributed by atoms with E-state index in [1.165, 1.54) is 6.07 Å². The number of hydrogen-bond acceptors (Lipinski definition) is 2. The Bertz CT molecular complexity index is 459. The van der Waals surface area contributed by atoms with Crippen molar-refractivity contribution in [1.29, 1.82) is 0 Å². The summed E-state index contributed by atoms with van der Waals surface area (Å²) >= 11 is 3.17. The Morgan fingerprint density at radius 2 is 2.11 bits per heavy atom. The van der Waals surface area contributed by atoms with E-state index in [0.717, 1.165) is 25.9 Å². The predicted molar refractivity (Wildman–Crippen MR) is 72.0 cm³/mol. The summed E-state index contributed by atoms with van der Waals surface area (Å²) < 4.78 is 14.3. The van der Waals surface area contributed by atoms with Gasteiger partial charge in [-0.1, -0.05) is 0 Å². The molecule has 18 heavy (non-hydrogen) atoms. The first-order valence-corrected chi connectivity index (χ1v) is 6.83. The van der Waals surface area contributed by atoms with Gasteiger partial charge in [0.25, 0.3) is 5.91 Å². The van der Waals surface area contributed by atoms with Gasteiger partial charge in [-0.05, 0) is 54.0 Å². The number of nitrogens with zero attached hydrogens (tertiary/aromatic N) is 1. The van der Waals surface area contributed by atoms with Crippen molar-refractivity contribution in [1.82, 2.24) is 10.2 Å². The zero-order valence-electron chi connectivity index (χ0n) is 10.3. The molecule has 1 aromatic rings. The van der Waals surface area contributed by atoms with Crippen LogP contribution in [0.4, 0.5) is 4.39 Å². The second-order valence-electron chi connectivity index (χ2n) is 4.49. The smallest absolute Gasteiger partial charge is 0.251 e. The molecule has 3 nitrogen and oxygen atoms in total. The lowest BCUT2D eigenvalue weighted by Crippen LogP contribution is -2.21. The molecule has 2 rings (SSSR count). The molecular weight excluding hydrogens is 299 g/mol. The molecule has 5 heteroatoms. The topological polar surface area (TPSA) is 32.3 Å². The third-order valence-corrected chi connectivity index (χ3v) is 3.76. The maximum atomic E-state index is 14.0. The van der Waals surface area contributed by atoms with E-state index in [9.17, 15) is 9.18 Å². The van der Waals surface area contributed by atoms with Gasteiger partial charge >= 0.3 is 0 Å². The van der Waals surface area contributed by atoms with Crippen LogP contribution in [-0.2, 0) is 6.54 Å². The van der Waals surface area contributed by atoms with Crippen LogP contribution in [0, 0.1) is 5.82 Å². The Balaban J connectivity index is 2.26. The van der Waals surface area contributed by atoms with Crippen LogP contribution in [0.2, 0.25) is 0 Å². The molecule has 1 aliphatic heterocycles. The Kier molecular flexibility index (Phi) is 4.35. The number of rotatable bonds is 3. The Morgan fingerprint density at radius 3 is 2.72 bits per heavy atom. The average Bonchev–Trinajstić information content (AvgIpc) is 2.86. The highest BCUT2D eigenvalue weighted by Gasteiger charge is 2.17. The molecule has 0 atom stereocenters. The fraction of sp³-hybridized carbons (Fsp3) is 0.462. The van der Waals surface area contributed by atoms with E-state index in [4.69, 9.17) is 0 Å². The molecule has 0 unspecified atom stereocenters. The molecule has 0 bridgehead atoms. The first-order valence-electron chi connectivity index (χ1n) is 6.04. The summed E-state index contributed by atoms with van der Waals surface area (Å²) in [6.07, 6.45) is 2.33. The number of nitrogens with one attached hydrogen (secondary N) is 1. The SMILES string of the molecule is CNC(=O)c1cc(Br)c(F)c(CN2CCCC2)c1. The van der Waals surface area contributed by atoms with Crippen LogP contribution >= 0.6 is 15.9 Å². The zero-order valence-corrected chi connectivity index (χ0v) is 11.9.